The third-order valence-electron chi connectivity index (χ3n) is 2.14. The molecule has 1 aliphatic heterocycles. The molecule has 0 saturated carbocycles. The van der Waals surface area contributed by atoms with Crippen LogP contribution in [0.1, 0.15) is 18.1 Å². The summed E-state index contributed by atoms with van der Waals surface area (Å²) in [6.45, 7) is 0. The average molecular weight is 243 g/mol. The molecule has 1 unspecified atom stereocenters. The molecule has 78 valence electrons. The predicted molar refractivity (Wildman–Crippen MR) is 59.1 cm³/mol. The summed E-state index contributed by atoms with van der Waals surface area (Å²) >= 11 is 11.7. The van der Waals surface area contributed by atoms with Crippen molar-refractivity contribution in [1.82, 2.24) is 0 Å². The Labute approximate surface area is 97.4 Å². The first-order chi connectivity index (χ1) is 7.15. The summed E-state index contributed by atoms with van der Waals surface area (Å²) in [5.41, 5.74) is 0.824. The van der Waals surface area contributed by atoms with Crippen molar-refractivity contribution < 1.29 is 9.53 Å². The van der Waals surface area contributed by atoms with E-state index < -0.39 is 0 Å². The number of halogens is 2. The lowest BCUT2D eigenvalue weighted by Gasteiger charge is -2.19. The van der Waals surface area contributed by atoms with Crippen molar-refractivity contribution in [3.8, 4) is 0 Å². The van der Waals surface area contributed by atoms with Gasteiger partial charge in [-0.05, 0) is 23.8 Å². The summed E-state index contributed by atoms with van der Waals surface area (Å²) in [4.78, 5) is 11.2. The fraction of sp³-hybridized carbons (Fsp3) is 0.182. The maximum absolute atomic E-state index is 11.2. The van der Waals surface area contributed by atoms with Crippen LogP contribution in [0.3, 0.4) is 0 Å². The fourth-order valence-electron chi connectivity index (χ4n) is 1.47. The summed E-state index contributed by atoms with van der Waals surface area (Å²) in [6.07, 6.45) is 2.87. The third kappa shape index (κ3) is 2.52. The number of benzene rings is 1. The van der Waals surface area contributed by atoms with Gasteiger partial charge in [-0.2, -0.15) is 0 Å². The molecule has 2 nitrogen and oxygen atoms in total. The molecule has 0 amide bonds. The van der Waals surface area contributed by atoms with Gasteiger partial charge in [0.2, 0.25) is 0 Å². The largest absolute Gasteiger partial charge is 0.493 e. The Balaban J connectivity index is 2.29. The van der Waals surface area contributed by atoms with Gasteiger partial charge in [-0.3, -0.25) is 4.79 Å². The molecule has 1 heterocycles. The van der Waals surface area contributed by atoms with Crippen LogP contribution < -0.4 is 0 Å². The lowest BCUT2D eigenvalue weighted by atomic mass is 10.0. The van der Waals surface area contributed by atoms with Crippen LogP contribution in [-0.2, 0) is 9.53 Å². The number of carbonyl (C=O) groups excluding carboxylic acids is 1. The van der Waals surface area contributed by atoms with Gasteiger partial charge in [-0.15, -0.1) is 0 Å². The molecule has 0 spiro atoms. The van der Waals surface area contributed by atoms with E-state index >= 15 is 0 Å². The quantitative estimate of drug-likeness (QED) is 0.754. The summed E-state index contributed by atoms with van der Waals surface area (Å²) in [6, 6.07) is 5.15. The van der Waals surface area contributed by atoms with E-state index in [4.69, 9.17) is 27.9 Å². The molecule has 1 aromatic carbocycles. The van der Waals surface area contributed by atoms with Crippen molar-refractivity contribution in [2.75, 3.05) is 0 Å². The second-order valence-corrected chi connectivity index (χ2v) is 4.17. The molecule has 0 fully saturated rings. The average Bonchev–Trinajstić information content (AvgIpc) is 2.16. The molecule has 15 heavy (non-hydrogen) atoms. The minimum absolute atomic E-state index is 0.0438. The molecule has 4 heteroatoms. The van der Waals surface area contributed by atoms with Crippen molar-refractivity contribution in [3.05, 3.63) is 46.1 Å². The third-order valence-corrected chi connectivity index (χ3v) is 2.58. The molecule has 0 bridgehead atoms. The number of ether oxygens (including phenoxy) is 1. The van der Waals surface area contributed by atoms with E-state index in [2.05, 4.69) is 0 Å². The first kappa shape index (κ1) is 10.5. The standard InChI is InChI=1S/C11H8Cl2O2/c12-8-3-7(4-9(13)5-8)11-6-10(14)1-2-15-11/h1-5,11H,6H2. The summed E-state index contributed by atoms with van der Waals surface area (Å²) in [5.74, 6) is 0.0438. The van der Waals surface area contributed by atoms with Crippen molar-refractivity contribution in [3.63, 3.8) is 0 Å². The highest BCUT2D eigenvalue weighted by molar-refractivity contribution is 6.34. The van der Waals surface area contributed by atoms with Gasteiger partial charge in [0.05, 0.1) is 12.7 Å². The summed E-state index contributed by atoms with van der Waals surface area (Å²) < 4.78 is 5.33. The molecule has 0 aliphatic carbocycles. The first-order valence-corrected chi connectivity index (χ1v) is 5.21. The number of hydrogen-bond donors (Lipinski definition) is 0. The molecular weight excluding hydrogens is 235 g/mol. The van der Waals surface area contributed by atoms with E-state index in [1.54, 1.807) is 18.2 Å². The second kappa shape index (κ2) is 4.25. The van der Waals surface area contributed by atoms with Crippen molar-refractivity contribution in [2.24, 2.45) is 0 Å². The molecule has 0 aromatic heterocycles. The van der Waals surface area contributed by atoms with Crippen LogP contribution in [0.15, 0.2) is 30.5 Å². The van der Waals surface area contributed by atoms with E-state index in [-0.39, 0.29) is 11.9 Å². The van der Waals surface area contributed by atoms with Crippen molar-refractivity contribution in [2.45, 2.75) is 12.5 Å². The van der Waals surface area contributed by atoms with Gasteiger partial charge in [0.1, 0.15) is 6.10 Å². The van der Waals surface area contributed by atoms with E-state index in [1.165, 1.54) is 12.3 Å². The van der Waals surface area contributed by atoms with Crippen LogP contribution in [0.4, 0.5) is 0 Å². The minimum Gasteiger partial charge on any atom is -0.493 e. The Kier molecular flexibility index (Phi) is 2.98. The van der Waals surface area contributed by atoms with E-state index in [0.29, 0.717) is 16.5 Å². The zero-order valence-corrected chi connectivity index (χ0v) is 9.26. The Bertz CT molecular complexity index is 406. The van der Waals surface area contributed by atoms with Gasteiger partial charge in [0.25, 0.3) is 0 Å². The molecule has 1 atom stereocenters. The normalized spacial score (nSPS) is 20.1. The Morgan fingerprint density at radius 2 is 1.87 bits per heavy atom. The molecule has 1 aliphatic rings. The van der Waals surface area contributed by atoms with Gasteiger partial charge in [-0.25, -0.2) is 0 Å². The van der Waals surface area contributed by atoms with Crippen molar-refractivity contribution >= 4 is 29.0 Å². The SMILES string of the molecule is O=C1C=COC(c2cc(Cl)cc(Cl)c2)C1. The Hall–Kier alpha value is -0.990. The highest BCUT2D eigenvalue weighted by Crippen LogP contribution is 2.29. The summed E-state index contributed by atoms with van der Waals surface area (Å²) in [5, 5.41) is 1.09. The molecule has 0 radical (unpaired) electrons. The number of rotatable bonds is 1. The number of ketones is 1. The second-order valence-electron chi connectivity index (χ2n) is 3.30. The smallest absolute Gasteiger partial charge is 0.162 e. The van der Waals surface area contributed by atoms with Crippen LogP contribution in [0.25, 0.3) is 0 Å². The van der Waals surface area contributed by atoms with E-state index in [1.807, 2.05) is 0 Å². The topological polar surface area (TPSA) is 26.3 Å². The Morgan fingerprint density at radius 1 is 1.20 bits per heavy atom. The highest BCUT2D eigenvalue weighted by Gasteiger charge is 2.19. The lowest BCUT2D eigenvalue weighted by molar-refractivity contribution is -0.118. The van der Waals surface area contributed by atoms with Gasteiger partial charge in [0.15, 0.2) is 5.78 Å². The van der Waals surface area contributed by atoms with E-state index in [0.717, 1.165) is 5.56 Å². The van der Waals surface area contributed by atoms with Crippen LogP contribution in [0.2, 0.25) is 10.0 Å². The van der Waals surface area contributed by atoms with Crippen LogP contribution in [0.5, 0.6) is 0 Å². The van der Waals surface area contributed by atoms with Crippen molar-refractivity contribution in [1.29, 1.82) is 0 Å². The summed E-state index contributed by atoms with van der Waals surface area (Å²) in [7, 11) is 0. The maximum Gasteiger partial charge on any atom is 0.162 e. The number of carbonyl (C=O) groups is 1. The predicted octanol–water partition coefficient (Wildman–Crippen LogP) is 3.54. The van der Waals surface area contributed by atoms with E-state index in [9.17, 15) is 4.79 Å². The van der Waals surface area contributed by atoms with Crippen LogP contribution >= 0.6 is 23.2 Å². The number of allylic oxidation sites excluding steroid dienone is 1. The maximum atomic E-state index is 11.2. The van der Waals surface area contributed by atoms with Crippen LogP contribution in [-0.4, -0.2) is 5.78 Å². The monoisotopic (exact) mass is 242 g/mol. The zero-order valence-electron chi connectivity index (χ0n) is 7.74. The minimum atomic E-state index is -0.279. The van der Waals surface area contributed by atoms with Gasteiger partial charge in [-0.1, -0.05) is 23.2 Å². The molecule has 0 saturated heterocycles. The van der Waals surface area contributed by atoms with Gasteiger partial charge < -0.3 is 4.74 Å². The fourth-order valence-corrected chi connectivity index (χ4v) is 2.01. The molecule has 0 N–H and O–H groups in total. The Morgan fingerprint density at radius 3 is 2.47 bits per heavy atom. The lowest BCUT2D eigenvalue weighted by Crippen LogP contribution is -2.11. The van der Waals surface area contributed by atoms with Gasteiger partial charge in [0, 0.05) is 16.1 Å². The highest BCUT2D eigenvalue weighted by atomic mass is 35.5. The van der Waals surface area contributed by atoms with Gasteiger partial charge >= 0.3 is 0 Å². The van der Waals surface area contributed by atoms with Crippen LogP contribution in [0, 0.1) is 0 Å². The number of hydrogen-bond acceptors (Lipinski definition) is 2. The molecule has 1 aromatic rings. The molecule has 2 rings (SSSR count). The first-order valence-electron chi connectivity index (χ1n) is 4.46. The zero-order chi connectivity index (χ0) is 10.8. The molecular formula is C11H8Cl2O2.